The van der Waals surface area contributed by atoms with Crippen molar-refractivity contribution in [3.63, 3.8) is 0 Å². The molecule has 0 aromatic carbocycles. The van der Waals surface area contributed by atoms with Crippen LogP contribution in [0.4, 0.5) is 0 Å². The molecular formula is C18H29NO4. The van der Waals surface area contributed by atoms with Crippen molar-refractivity contribution in [2.75, 3.05) is 14.1 Å². The van der Waals surface area contributed by atoms with Crippen LogP contribution >= 0.6 is 0 Å². The number of allylic oxidation sites excluding steroid dienone is 3. The van der Waals surface area contributed by atoms with Crippen LogP contribution in [0.15, 0.2) is 24.3 Å². The second-order valence-electron chi connectivity index (χ2n) is 6.38. The van der Waals surface area contributed by atoms with Gasteiger partial charge in [-0.15, -0.1) is 0 Å². The highest BCUT2D eigenvalue weighted by Gasteiger charge is 2.15. The average molecular weight is 323 g/mol. The Balaban J connectivity index is 4.03. The molecule has 0 aromatic heterocycles. The molecule has 2 N–H and O–H groups in total. The van der Waals surface area contributed by atoms with Gasteiger partial charge in [-0.2, -0.15) is 0 Å². The summed E-state index contributed by atoms with van der Waals surface area (Å²) in [6, 6.07) is 0. The van der Waals surface area contributed by atoms with Crippen LogP contribution in [0.1, 0.15) is 39.5 Å². The minimum absolute atomic E-state index is 0.140. The molecule has 0 aliphatic carbocycles. The summed E-state index contributed by atoms with van der Waals surface area (Å²) in [7, 11) is 2.57. The monoisotopic (exact) mass is 323 g/mol. The fourth-order valence-electron chi connectivity index (χ4n) is 1.79. The molecule has 0 saturated heterocycles. The van der Waals surface area contributed by atoms with Crippen molar-refractivity contribution in [1.29, 1.82) is 0 Å². The van der Waals surface area contributed by atoms with Gasteiger partial charge in [0, 0.05) is 0 Å². The highest BCUT2D eigenvalue weighted by molar-refractivity contribution is 5.68. The highest BCUT2D eigenvalue weighted by Crippen LogP contribution is 2.06. The van der Waals surface area contributed by atoms with E-state index in [1.54, 1.807) is 24.3 Å². The molecule has 0 spiro atoms. The Morgan fingerprint density at radius 3 is 2.48 bits per heavy atom. The number of carbonyl (C=O) groups excluding carboxylic acids is 1. The fraction of sp³-hybridized carbons (Fsp3) is 0.611. The smallest absolute Gasteiger partial charge is 0.313 e. The molecule has 130 valence electrons. The molecule has 23 heavy (non-hydrogen) atoms. The summed E-state index contributed by atoms with van der Waals surface area (Å²) in [5.41, 5.74) is 0. The first-order valence-electron chi connectivity index (χ1n) is 7.91. The van der Waals surface area contributed by atoms with Crippen LogP contribution in [0.25, 0.3) is 0 Å². The lowest BCUT2D eigenvalue weighted by atomic mass is 10.1. The van der Waals surface area contributed by atoms with E-state index in [0.717, 1.165) is 0 Å². The topological polar surface area (TPSA) is 80.6 Å². The number of quaternary nitrogens is 1. The van der Waals surface area contributed by atoms with Crippen LogP contribution in [0.2, 0.25) is 0 Å². The molecule has 2 atom stereocenters. The van der Waals surface area contributed by atoms with Crippen molar-refractivity contribution in [3.8, 4) is 11.8 Å². The predicted octanol–water partition coefficient (Wildman–Crippen LogP) is 2.14. The number of rotatable bonds is 8. The van der Waals surface area contributed by atoms with E-state index in [9.17, 15) is 20.2 Å². The van der Waals surface area contributed by atoms with Gasteiger partial charge in [-0.3, -0.25) is 0 Å². The molecule has 5 nitrogen and oxygen atoms in total. The Labute approximate surface area is 139 Å². The summed E-state index contributed by atoms with van der Waals surface area (Å²) in [6.45, 7) is 4.09. The lowest BCUT2D eigenvalue weighted by molar-refractivity contribution is -0.760. The molecule has 0 saturated carbocycles. The molecule has 0 bridgehead atoms. The van der Waals surface area contributed by atoms with Gasteiger partial charge < -0.3 is 20.1 Å². The second-order valence-corrected chi connectivity index (χ2v) is 6.38. The van der Waals surface area contributed by atoms with Crippen molar-refractivity contribution in [2.45, 2.75) is 51.7 Å². The SMILES string of the molecule is CC(C)C[C@@H](O)/C=C/C=C/C#C[C@@H](O)CCCC(=O)[N+](C)(C)[O-]. The van der Waals surface area contributed by atoms with Crippen molar-refractivity contribution >= 4 is 5.91 Å². The van der Waals surface area contributed by atoms with Gasteiger partial charge in [-0.1, -0.05) is 43.9 Å². The molecule has 1 amide bonds. The lowest BCUT2D eigenvalue weighted by Crippen LogP contribution is -2.39. The first-order chi connectivity index (χ1) is 10.6. The van der Waals surface area contributed by atoms with Crippen LogP contribution in [-0.4, -0.2) is 47.1 Å². The van der Waals surface area contributed by atoms with Crippen LogP contribution in [0, 0.1) is 23.0 Å². The molecule has 5 heteroatoms. The molecule has 0 unspecified atom stereocenters. The quantitative estimate of drug-likeness (QED) is 0.310. The Bertz CT molecular complexity index is 464. The van der Waals surface area contributed by atoms with Crippen molar-refractivity contribution in [3.05, 3.63) is 29.5 Å². The normalized spacial score (nSPS) is 15.0. The maximum atomic E-state index is 11.4. The molecule has 0 rings (SSSR count). The minimum Gasteiger partial charge on any atom is -0.626 e. The van der Waals surface area contributed by atoms with Gasteiger partial charge in [-0.25, -0.2) is 4.79 Å². The third-order valence-electron chi connectivity index (χ3n) is 3.06. The van der Waals surface area contributed by atoms with Gasteiger partial charge in [0.25, 0.3) is 0 Å². The zero-order valence-electron chi connectivity index (χ0n) is 14.5. The highest BCUT2D eigenvalue weighted by atomic mass is 16.6. The molecular weight excluding hydrogens is 294 g/mol. The van der Waals surface area contributed by atoms with Gasteiger partial charge in [-0.05, 0) is 31.3 Å². The molecule has 0 heterocycles. The van der Waals surface area contributed by atoms with Crippen molar-refractivity contribution < 1.29 is 19.7 Å². The van der Waals surface area contributed by atoms with E-state index < -0.39 is 22.8 Å². The van der Waals surface area contributed by atoms with E-state index in [0.29, 0.717) is 25.2 Å². The Morgan fingerprint density at radius 1 is 1.26 bits per heavy atom. The van der Waals surface area contributed by atoms with Gasteiger partial charge in [0.05, 0.1) is 26.6 Å². The first kappa shape index (κ1) is 21.6. The van der Waals surface area contributed by atoms with E-state index >= 15 is 0 Å². The number of aliphatic hydroxyl groups is 2. The summed E-state index contributed by atoms with van der Waals surface area (Å²) >= 11 is 0. The number of nitrogens with zero attached hydrogens (tertiary/aromatic N) is 1. The number of hydrogen-bond acceptors (Lipinski definition) is 4. The number of aliphatic hydroxyl groups excluding tert-OH is 2. The summed E-state index contributed by atoms with van der Waals surface area (Å²) in [6.07, 6.45) is 7.08. The Kier molecular flexibility index (Phi) is 10.4. The molecule has 0 aliphatic heterocycles. The Morgan fingerprint density at radius 2 is 1.91 bits per heavy atom. The van der Waals surface area contributed by atoms with E-state index in [4.69, 9.17) is 0 Å². The van der Waals surface area contributed by atoms with E-state index in [1.165, 1.54) is 14.1 Å². The van der Waals surface area contributed by atoms with Crippen LogP contribution < -0.4 is 0 Å². The van der Waals surface area contributed by atoms with Gasteiger partial charge in [0.1, 0.15) is 6.10 Å². The van der Waals surface area contributed by atoms with Gasteiger partial charge >= 0.3 is 5.91 Å². The van der Waals surface area contributed by atoms with Crippen molar-refractivity contribution in [2.24, 2.45) is 5.92 Å². The van der Waals surface area contributed by atoms with E-state index in [1.807, 2.05) is 13.8 Å². The molecule has 0 aromatic rings. The predicted molar refractivity (Wildman–Crippen MR) is 91.9 cm³/mol. The standard InChI is InChI=1S/C18H29NO4/c1-15(2)14-17(21)11-8-6-5-7-10-16(20)12-9-13-18(22)19(3,4)23/h5-6,8,11,15-17,20-21H,9,12-14H2,1-4H3/b6-5+,11-8+/t16-,17+/m1/s1. The Hall–Kier alpha value is -1.45. The van der Waals surface area contributed by atoms with Crippen molar-refractivity contribution in [1.82, 2.24) is 0 Å². The van der Waals surface area contributed by atoms with E-state index in [-0.39, 0.29) is 6.42 Å². The number of hydrogen-bond donors (Lipinski definition) is 2. The van der Waals surface area contributed by atoms with Crippen LogP contribution in [0.3, 0.4) is 0 Å². The third-order valence-corrected chi connectivity index (χ3v) is 3.06. The summed E-state index contributed by atoms with van der Waals surface area (Å²) < 4.78 is -0.945. The van der Waals surface area contributed by atoms with E-state index in [2.05, 4.69) is 11.8 Å². The maximum Gasteiger partial charge on any atom is 0.313 e. The minimum atomic E-state index is -0.945. The maximum absolute atomic E-state index is 11.4. The van der Waals surface area contributed by atoms with Gasteiger partial charge in [0.15, 0.2) is 0 Å². The average Bonchev–Trinajstić information content (AvgIpc) is 2.40. The summed E-state index contributed by atoms with van der Waals surface area (Å²) in [5, 5.41) is 30.6. The molecule has 0 radical (unpaired) electrons. The third kappa shape index (κ3) is 12.8. The lowest BCUT2D eigenvalue weighted by Gasteiger charge is -2.30. The first-order valence-corrected chi connectivity index (χ1v) is 7.91. The van der Waals surface area contributed by atoms with Crippen LogP contribution in [-0.2, 0) is 4.79 Å². The number of carbonyl (C=O) groups is 1. The zero-order chi connectivity index (χ0) is 17.9. The molecule has 0 fully saturated rings. The largest absolute Gasteiger partial charge is 0.626 e. The summed E-state index contributed by atoms with van der Waals surface area (Å²) in [4.78, 5) is 11.4. The zero-order valence-corrected chi connectivity index (χ0v) is 14.5. The second kappa shape index (κ2) is 11.1. The van der Waals surface area contributed by atoms with Gasteiger partial charge in [0.2, 0.25) is 0 Å². The fourth-order valence-corrected chi connectivity index (χ4v) is 1.79. The number of amides is 1. The number of hydroxylamine groups is 3. The molecule has 0 aliphatic rings. The summed E-state index contributed by atoms with van der Waals surface area (Å²) in [5.74, 6) is 5.38. The van der Waals surface area contributed by atoms with Crippen LogP contribution in [0.5, 0.6) is 0 Å².